The summed E-state index contributed by atoms with van der Waals surface area (Å²) in [4.78, 5) is 23.0. The fourth-order valence-corrected chi connectivity index (χ4v) is 1.78. The Kier molecular flexibility index (Phi) is 8.02. The van der Waals surface area contributed by atoms with E-state index >= 15 is 0 Å². The average molecular weight is 275 g/mol. The van der Waals surface area contributed by atoms with Crippen LogP contribution in [0.5, 0.6) is 0 Å². The maximum Gasteiger partial charge on any atom is 0.236 e. The number of rotatable bonds is 7. The van der Waals surface area contributed by atoms with Gasteiger partial charge in [-0.2, -0.15) is 11.8 Å². The summed E-state index contributed by atoms with van der Waals surface area (Å²) in [5.41, 5.74) is 5.46. The summed E-state index contributed by atoms with van der Waals surface area (Å²) in [6.45, 7) is 6.08. The summed E-state index contributed by atoms with van der Waals surface area (Å²) in [5.74, 6) is 0.604. The second-order valence-corrected chi connectivity index (χ2v) is 6.21. The van der Waals surface area contributed by atoms with Crippen molar-refractivity contribution in [3.8, 4) is 0 Å². The minimum absolute atomic E-state index is 0.0690. The van der Waals surface area contributed by atoms with Crippen molar-refractivity contribution in [3.63, 3.8) is 0 Å². The van der Waals surface area contributed by atoms with Gasteiger partial charge >= 0.3 is 0 Å². The van der Waals surface area contributed by atoms with Crippen LogP contribution in [-0.4, -0.2) is 41.9 Å². The lowest BCUT2D eigenvalue weighted by Gasteiger charge is -2.20. The first-order chi connectivity index (χ1) is 8.26. The van der Waals surface area contributed by atoms with Crippen LogP contribution in [0.2, 0.25) is 0 Å². The third-order valence-corrected chi connectivity index (χ3v) is 2.78. The molecule has 0 rings (SSSR count). The van der Waals surface area contributed by atoms with Crippen LogP contribution in [0.3, 0.4) is 0 Å². The molecule has 0 aromatic carbocycles. The molecule has 0 aliphatic carbocycles. The molecule has 0 aromatic heterocycles. The fourth-order valence-electron chi connectivity index (χ4n) is 1.29. The predicted octanol–water partition coefficient (Wildman–Crippen LogP) is 0.488. The van der Waals surface area contributed by atoms with Crippen molar-refractivity contribution < 1.29 is 9.59 Å². The Labute approximate surface area is 114 Å². The molecule has 0 fully saturated rings. The van der Waals surface area contributed by atoms with E-state index < -0.39 is 6.04 Å². The molecule has 18 heavy (non-hydrogen) atoms. The Hall–Kier alpha value is -0.750. The zero-order valence-electron chi connectivity index (χ0n) is 11.7. The summed E-state index contributed by atoms with van der Waals surface area (Å²) in [6, 6.07) is -0.483. The van der Waals surface area contributed by atoms with E-state index in [9.17, 15) is 9.59 Å². The Bertz CT molecular complexity index is 277. The van der Waals surface area contributed by atoms with Crippen molar-refractivity contribution in [3.05, 3.63) is 0 Å². The van der Waals surface area contributed by atoms with E-state index in [0.29, 0.717) is 13.0 Å². The van der Waals surface area contributed by atoms with Gasteiger partial charge in [0.25, 0.3) is 0 Å². The molecule has 2 amide bonds. The van der Waals surface area contributed by atoms with E-state index in [1.54, 1.807) is 11.8 Å². The van der Waals surface area contributed by atoms with E-state index in [2.05, 4.69) is 10.6 Å². The molecule has 0 aliphatic rings. The van der Waals surface area contributed by atoms with Gasteiger partial charge in [0.1, 0.15) is 0 Å². The van der Waals surface area contributed by atoms with Crippen molar-refractivity contribution in [2.45, 2.75) is 45.2 Å². The quantitative estimate of drug-likeness (QED) is 0.631. The van der Waals surface area contributed by atoms with Crippen molar-refractivity contribution in [1.29, 1.82) is 0 Å². The Balaban J connectivity index is 3.77. The molecule has 4 N–H and O–H groups in total. The lowest BCUT2D eigenvalue weighted by molar-refractivity contribution is -0.123. The summed E-state index contributed by atoms with van der Waals surface area (Å²) < 4.78 is 0. The van der Waals surface area contributed by atoms with E-state index in [4.69, 9.17) is 5.73 Å². The number of nitrogens with one attached hydrogen (secondary N) is 2. The molecule has 5 nitrogen and oxygen atoms in total. The van der Waals surface area contributed by atoms with E-state index in [-0.39, 0.29) is 23.8 Å². The first-order valence-corrected chi connectivity index (χ1v) is 7.49. The van der Waals surface area contributed by atoms with Crippen molar-refractivity contribution >= 4 is 23.6 Å². The zero-order valence-corrected chi connectivity index (χ0v) is 12.5. The van der Waals surface area contributed by atoms with Crippen LogP contribution in [0, 0.1) is 0 Å². The molecular formula is C12H25N3O2S. The standard InChI is InChI=1S/C12H25N3O2S/c1-12(2,3)15-10(16)5-7-14-11(17)9(13)6-8-18-4/h9H,5-8,13H2,1-4H3,(H,14,17)(H,15,16)/t9-/m1/s1. The van der Waals surface area contributed by atoms with Gasteiger partial charge < -0.3 is 16.4 Å². The summed E-state index contributed by atoms with van der Waals surface area (Å²) in [5, 5.41) is 5.51. The molecule has 0 unspecified atom stereocenters. The second-order valence-electron chi connectivity index (χ2n) is 5.23. The summed E-state index contributed by atoms with van der Waals surface area (Å²) in [7, 11) is 0. The number of hydrogen-bond acceptors (Lipinski definition) is 4. The Morgan fingerprint density at radius 3 is 2.44 bits per heavy atom. The molecule has 1 atom stereocenters. The van der Waals surface area contributed by atoms with Crippen molar-refractivity contribution in [2.75, 3.05) is 18.6 Å². The van der Waals surface area contributed by atoms with Crippen LogP contribution < -0.4 is 16.4 Å². The largest absolute Gasteiger partial charge is 0.354 e. The molecule has 0 saturated heterocycles. The highest BCUT2D eigenvalue weighted by Crippen LogP contribution is 2.00. The van der Waals surface area contributed by atoms with Crippen LogP contribution in [0.4, 0.5) is 0 Å². The highest BCUT2D eigenvalue weighted by Gasteiger charge is 2.15. The summed E-state index contributed by atoms with van der Waals surface area (Å²) >= 11 is 1.66. The maximum atomic E-state index is 11.5. The molecule has 6 heteroatoms. The lowest BCUT2D eigenvalue weighted by atomic mass is 10.1. The van der Waals surface area contributed by atoms with Gasteiger partial charge in [0.05, 0.1) is 6.04 Å². The smallest absolute Gasteiger partial charge is 0.236 e. The van der Waals surface area contributed by atoms with Crippen LogP contribution in [0.15, 0.2) is 0 Å². The van der Waals surface area contributed by atoms with Crippen LogP contribution in [-0.2, 0) is 9.59 Å². The van der Waals surface area contributed by atoms with E-state index in [1.807, 2.05) is 27.0 Å². The van der Waals surface area contributed by atoms with Crippen LogP contribution >= 0.6 is 11.8 Å². The van der Waals surface area contributed by atoms with Gasteiger partial charge in [0.15, 0.2) is 0 Å². The maximum absolute atomic E-state index is 11.5. The van der Waals surface area contributed by atoms with Gasteiger partial charge in [-0.3, -0.25) is 9.59 Å². The van der Waals surface area contributed by atoms with Gasteiger partial charge in [0.2, 0.25) is 11.8 Å². The molecule has 0 spiro atoms. The monoisotopic (exact) mass is 275 g/mol. The zero-order chi connectivity index (χ0) is 14.2. The van der Waals surface area contributed by atoms with Gasteiger partial charge in [-0.1, -0.05) is 0 Å². The second kappa shape index (κ2) is 8.37. The van der Waals surface area contributed by atoms with Gasteiger partial charge in [0, 0.05) is 18.5 Å². The van der Waals surface area contributed by atoms with Gasteiger partial charge in [-0.05, 0) is 39.2 Å². The molecular weight excluding hydrogens is 250 g/mol. The molecule has 106 valence electrons. The number of amides is 2. The van der Waals surface area contributed by atoms with E-state index in [0.717, 1.165) is 5.75 Å². The van der Waals surface area contributed by atoms with Crippen molar-refractivity contribution in [2.24, 2.45) is 5.73 Å². The van der Waals surface area contributed by atoms with Gasteiger partial charge in [-0.25, -0.2) is 0 Å². The molecule has 0 aliphatic heterocycles. The van der Waals surface area contributed by atoms with Crippen LogP contribution in [0.1, 0.15) is 33.6 Å². The molecule has 0 aromatic rings. The van der Waals surface area contributed by atoms with Gasteiger partial charge in [-0.15, -0.1) is 0 Å². The highest BCUT2D eigenvalue weighted by atomic mass is 32.2. The van der Waals surface area contributed by atoms with E-state index in [1.165, 1.54) is 0 Å². The number of thioether (sulfide) groups is 1. The highest BCUT2D eigenvalue weighted by molar-refractivity contribution is 7.98. The molecule has 0 heterocycles. The molecule has 0 radical (unpaired) electrons. The molecule has 0 saturated carbocycles. The number of hydrogen-bond donors (Lipinski definition) is 3. The first kappa shape index (κ1) is 17.2. The topological polar surface area (TPSA) is 84.2 Å². The molecule has 0 bridgehead atoms. The third kappa shape index (κ3) is 9.30. The predicted molar refractivity (Wildman–Crippen MR) is 76.5 cm³/mol. The average Bonchev–Trinajstić information content (AvgIpc) is 2.23. The van der Waals surface area contributed by atoms with Crippen molar-refractivity contribution in [1.82, 2.24) is 10.6 Å². The number of carbonyl (C=O) groups is 2. The minimum atomic E-state index is -0.483. The Morgan fingerprint density at radius 2 is 1.94 bits per heavy atom. The third-order valence-electron chi connectivity index (χ3n) is 2.14. The number of nitrogens with two attached hydrogens (primary N) is 1. The minimum Gasteiger partial charge on any atom is -0.354 e. The fraction of sp³-hybridized carbons (Fsp3) is 0.833. The number of carbonyl (C=O) groups excluding carboxylic acids is 2. The first-order valence-electron chi connectivity index (χ1n) is 6.09. The lowest BCUT2D eigenvalue weighted by Crippen LogP contribution is -2.44. The van der Waals surface area contributed by atoms with Crippen LogP contribution in [0.25, 0.3) is 0 Å². The summed E-state index contributed by atoms with van der Waals surface area (Å²) in [6.07, 6.45) is 2.90. The normalized spacial score (nSPS) is 12.9. The Morgan fingerprint density at radius 1 is 1.33 bits per heavy atom. The SMILES string of the molecule is CSCC[C@@H](N)C(=O)NCCC(=O)NC(C)(C)C.